The van der Waals surface area contributed by atoms with Crippen LogP contribution in [0.1, 0.15) is 40.5 Å². The Morgan fingerprint density at radius 1 is 1.53 bits per heavy atom. The lowest BCUT2D eigenvalue weighted by Crippen LogP contribution is -2.43. The molecule has 0 spiro atoms. The van der Waals surface area contributed by atoms with Gasteiger partial charge in [-0.1, -0.05) is 34.3 Å². The van der Waals surface area contributed by atoms with Crippen LogP contribution < -0.4 is 5.32 Å². The van der Waals surface area contributed by atoms with E-state index in [2.05, 4.69) is 39.6 Å². The lowest BCUT2D eigenvalue weighted by Gasteiger charge is -2.41. The van der Waals surface area contributed by atoms with Gasteiger partial charge in [-0.05, 0) is 35.7 Å². The minimum atomic E-state index is -0.0634. The van der Waals surface area contributed by atoms with Gasteiger partial charge in [-0.2, -0.15) is 0 Å². The Balaban J connectivity index is 2.67. The van der Waals surface area contributed by atoms with Gasteiger partial charge in [0.05, 0.1) is 0 Å². The normalized spacial score (nSPS) is 33.7. The van der Waals surface area contributed by atoms with E-state index in [9.17, 15) is 4.79 Å². The van der Waals surface area contributed by atoms with Crippen molar-refractivity contribution in [3.63, 3.8) is 0 Å². The topological polar surface area (TPSA) is 29.1 Å². The lowest BCUT2D eigenvalue weighted by molar-refractivity contribution is -0.117. The Morgan fingerprint density at radius 2 is 2.13 bits per heavy atom. The fourth-order valence-electron chi connectivity index (χ4n) is 2.48. The molecule has 0 bridgehead atoms. The van der Waals surface area contributed by atoms with E-state index in [0.717, 1.165) is 12.5 Å². The van der Waals surface area contributed by atoms with Gasteiger partial charge < -0.3 is 5.32 Å². The molecule has 0 aromatic heterocycles. The van der Waals surface area contributed by atoms with Crippen LogP contribution in [0.2, 0.25) is 0 Å². The minimum Gasteiger partial charge on any atom is -0.352 e. The molecule has 2 atom stereocenters. The minimum absolute atomic E-state index is 0.0634. The highest BCUT2D eigenvalue weighted by Gasteiger charge is 2.49. The van der Waals surface area contributed by atoms with E-state index < -0.39 is 0 Å². The van der Waals surface area contributed by atoms with Gasteiger partial charge in [-0.3, -0.25) is 4.79 Å². The van der Waals surface area contributed by atoms with Gasteiger partial charge in [0.2, 0.25) is 5.91 Å². The quantitative estimate of drug-likeness (QED) is 0.711. The van der Waals surface area contributed by atoms with Crippen LogP contribution in [0.4, 0.5) is 0 Å². The maximum absolute atomic E-state index is 11.2. The molecule has 0 heterocycles. The summed E-state index contributed by atoms with van der Waals surface area (Å²) >= 11 is 0. The van der Waals surface area contributed by atoms with Crippen LogP contribution in [0.3, 0.4) is 0 Å². The molecule has 1 amide bonds. The molecule has 1 N–H and O–H groups in total. The van der Waals surface area contributed by atoms with Gasteiger partial charge in [-0.15, -0.1) is 0 Å². The second-order valence-electron chi connectivity index (χ2n) is 5.64. The summed E-state index contributed by atoms with van der Waals surface area (Å²) in [4.78, 5) is 11.2. The van der Waals surface area contributed by atoms with Crippen LogP contribution in [0.25, 0.3) is 0 Å². The molecule has 0 aromatic rings. The predicted octanol–water partition coefficient (Wildman–Crippen LogP) is 2.75. The molecule has 2 heteroatoms. The summed E-state index contributed by atoms with van der Waals surface area (Å²) in [5.74, 6) is 0.662. The zero-order valence-corrected chi connectivity index (χ0v) is 10.4. The van der Waals surface area contributed by atoms with Crippen LogP contribution in [0.15, 0.2) is 12.7 Å². The molecule has 0 unspecified atom stereocenters. The molecule has 15 heavy (non-hydrogen) atoms. The molecule has 1 aliphatic carbocycles. The highest BCUT2D eigenvalue weighted by atomic mass is 16.1. The van der Waals surface area contributed by atoms with E-state index in [0.29, 0.717) is 5.41 Å². The van der Waals surface area contributed by atoms with Gasteiger partial charge in [0.15, 0.2) is 0 Å². The third-order valence-electron chi connectivity index (χ3n) is 4.75. The summed E-state index contributed by atoms with van der Waals surface area (Å²) in [5.41, 5.74) is 0.506. The fraction of sp³-hybridized carbons (Fsp3) is 0.769. The number of carbonyl (C=O) groups excluding carboxylic acids is 1. The van der Waals surface area contributed by atoms with Crippen molar-refractivity contribution in [1.82, 2.24) is 5.32 Å². The Morgan fingerprint density at radius 3 is 2.53 bits per heavy atom. The molecular weight excluding hydrogens is 186 g/mol. The van der Waals surface area contributed by atoms with Gasteiger partial charge in [0, 0.05) is 6.54 Å². The molecule has 86 valence electrons. The first-order chi connectivity index (χ1) is 6.83. The van der Waals surface area contributed by atoms with E-state index in [1.54, 1.807) is 0 Å². The second-order valence-corrected chi connectivity index (χ2v) is 5.64. The number of carbonyl (C=O) groups is 1. The van der Waals surface area contributed by atoms with E-state index >= 15 is 0 Å². The molecule has 0 aliphatic heterocycles. The van der Waals surface area contributed by atoms with Crippen molar-refractivity contribution in [3.8, 4) is 0 Å². The molecule has 1 rings (SSSR count). The second kappa shape index (κ2) is 3.99. The Kier molecular flexibility index (Phi) is 3.27. The number of rotatable bonds is 3. The Labute approximate surface area is 93.1 Å². The molecule has 0 radical (unpaired) electrons. The van der Waals surface area contributed by atoms with Gasteiger partial charge in [0.25, 0.3) is 0 Å². The highest BCUT2D eigenvalue weighted by molar-refractivity contribution is 5.86. The fourth-order valence-corrected chi connectivity index (χ4v) is 2.48. The number of amides is 1. The van der Waals surface area contributed by atoms with Gasteiger partial charge >= 0.3 is 0 Å². The van der Waals surface area contributed by atoms with Crippen LogP contribution in [0, 0.1) is 16.7 Å². The van der Waals surface area contributed by atoms with E-state index in [1.807, 2.05) is 0 Å². The summed E-state index contributed by atoms with van der Waals surface area (Å²) in [6.07, 6.45) is 3.79. The summed E-state index contributed by atoms with van der Waals surface area (Å²) in [5, 5.41) is 2.93. The van der Waals surface area contributed by atoms with Gasteiger partial charge in [0.1, 0.15) is 0 Å². The first-order valence-electron chi connectivity index (χ1n) is 5.74. The first-order valence-corrected chi connectivity index (χ1v) is 5.74. The maximum atomic E-state index is 11.2. The molecule has 1 aliphatic rings. The van der Waals surface area contributed by atoms with Crippen molar-refractivity contribution in [3.05, 3.63) is 12.7 Å². The molecular formula is C13H23NO. The van der Waals surface area contributed by atoms with E-state index in [1.165, 1.54) is 18.9 Å². The number of hydrogen-bond donors (Lipinski definition) is 1. The molecule has 0 saturated heterocycles. The van der Waals surface area contributed by atoms with Crippen molar-refractivity contribution >= 4 is 5.91 Å². The molecule has 0 aromatic carbocycles. The molecule has 1 fully saturated rings. The predicted molar refractivity (Wildman–Crippen MR) is 63.5 cm³/mol. The van der Waals surface area contributed by atoms with Crippen molar-refractivity contribution in [2.75, 3.05) is 6.54 Å². The zero-order chi connectivity index (χ0) is 11.7. The van der Waals surface area contributed by atoms with Crippen molar-refractivity contribution in [2.24, 2.45) is 16.7 Å². The summed E-state index contributed by atoms with van der Waals surface area (Å²) in [7, 11) is 0. The third-order valence-corrected chi connectivity index (χ3v) is 4.75. The van der Waals surface area contributed by atoms with Crippen molar-refractivity contribution < 1.29 is 4.79 Å². The zero-order valence-electron chi connectivity index (χ0n) is 10.4. The molecule has 2 nitrogen and oxygen atoms in total. The number of nitrogens with one attached hydrogen (secondary N) is 1. The summed E-state index contributed by atoms with van der Waals surface area (Å²) < 4.78 is 0. The molecule has 1 saturated carbocycles. The average Bonchev–Trinajstić information content (AvgIpc) is 2.39. The number of hydrogen-bond acceptors (Lipinski definition) is 1. The highest BCUT2D eigenvalue weighted by Crippen LogP contribution is 2.55. The van der Waals surface area contributed by atoms with Gasteiger partial charge in [-0.25, -0.2) is 0 Å². The van der Waals surface area contributed by atoms with E-state index in [-0.39, 0.29) is 11.3 Å². The Bertz CT molecular complexity index is 270. The van der Waals surface area contributed by atoms with Crippen molar-refractivity contribution in [2.45, 2.75) is 40.5 Å². The van der Waals surface area contributed by atoms with Crippen molar-refractivity contribution in [1.29, 1.82) is 0 Å². The summed E-state index contributed by atoms with van der Waals surface area (Å²) in [6.45, 7) is 13.4. The summed E-state index contributed by atoms with van der Waals surface area (Å²) in [6, 6.07) is 0. The smallest absolute Gasteiger partial charge is 0.243 e. The lowest BCUT2D eigenvalue weighted by atomic mass is 9.66. The van der Waals surface area contributed by atoms with E-state index in [4.69, 9.17) is 0 Å². The largest absolute Gasteiger partial charge is 0.352 e. The van der Waals surface area contributed by atoms with Crippen LogP contribution >= 0.6 is 0 Å². The SMILES string of the molecule is C=CC(=O)NC[C@]1(C)CC[C@H](C)C1(C)C. The Hall–Kier alpha value is -0.790. The first kappa shape index (κ1) is 12.3. The van der Waals surface area contributed by atoms with Crippen LogP contribution in [-0.2, 0) is 4.79 Å². The third kappa shape index (κ3) is 2.09. The maximum Gasteiger partial charge on any atom is 0.243 e. The monoisotopic (exact) mass is 209 g/mol. The van der Waals surface area contributed by atoms with Crippen LogP contribution in [-0.4, -0.2) is 12.5 Å². The average molecular weight is 209 g/mol. The standard InChI is InChI=1S/C13H23NO/c1-6-11(15)14-9-13(5)8-7-10(2)12(13,3)4/h6,10H,1,7-9H2,2-5H3,(H,14,15)/t10-,13-/m0/s1. The van der Waals surface area contributed by atoms with Crippen LogP contribution in [0.5, 0.6) is 0 Å².